The summed E-state index contributed by atoms with van der Waals surface area (Å²) >= 11 is 0. The lowest BCUT2D eigenvalue weighted by Crippen LogP contribution is -2.53. The van der Waals surface area contributed by atoms with Crippen LogP contribution in [-0.4, -0.2) is 72.2 Å². The van der Waals surface area contributed by atoms with Gasteiger partial charge in [0, 0.05) is 37.9 Å². The lowest BCUT2D eigenvalue weighted by Gasteiger charge is -2.51. The number of Topliss-reactive ketones (excluding diaryl/α,β-unsaturated/α-hetero) is 1. The smallest absolute Gasteiger partial charge is 0.421 e. The maximum atomic E-state index is 13.8. The maximum Gasteiger partial charge on any atom is 0.421 e. The molecule has 3 fully saturated rings. The number of nitrogens with one attached hydrogen (secondary N) is 1. The number of halogens is 3. The molecule has 246 valence electrons. The number of amides is 1. The molecule has 5 rings (SSSR count). The van der Waals surface area contributed by atoms with E-state index in [4.69, 9.17) is 4.74 Å². The summed E-state index contributed by atoms with van der Waals surface area (Å²) in [5.74, 6) is -0.744. The Balaban J connectivity index is 1.26. The van der Waals surface area contributed by atoms with Gasteiger partial charge in [-0.15, -0.1) is 0 Å². The van der Waals surface area contributed by atoms with Gasteiger partial charge in [-0.05, 0) is 88.5 Å². The zero-order valence-corrected chi connectivity index (χ0v) is 27.0. The Morgan fingerprint density at radius 3 is 2.38 bits per heavy atom. The fourth-order valence-corrected chi connectivity index (χ4v) is 8.63. The molecule has 1 aliphatic carbocycles. The molecule has 0 bridgehead atoms. The standard InChI is InChI=1S/C31H40F3N5O5S/c1-19-12-21(40)18-39(17-19)26-24(31(32,33)34)16-35-27(37-26)36-25-7-6-22(13-20(25)2)45(42,43)23-14-30(15-23)8-10-38(11-9-30)28(41)44-29(3,4)5/h6-7,13,16,19,23H,8-12,14-15,17-18H2,1-5H3,(H,35,36,37). The second kappa shape index (κ2) is 11.7. The number of anilines is 3. The third-order valence-electron chi connectivity index (χ3n) is 8.86. The number of aromatic nitrogens is 2. The van der Waals surface area contributed by atoms with E-state index in [1.807, 2.05) is 20.8 Å². The van der Waals surface area contributed by atoms with Crippen LogP contribution in [0.3, 0.4) is 0 Å². The first-order valence-corrected chi connectivity index (χ1v) is 16.7. The molecule has 1 aromatic carbocycles. The van der Waals surface area contributed by atoms with Crippen LogP contribution >= 0.6 is 0 Å². The average Bonchev–Trinajstić information content (AvgIpc) is 2.90. The Hall–Kier alpha value is -3.42. The van der Waals surface area contributed by atoms with Gasteiger partial charge < -0.3 is 19.9 Å². The van der Waals surface area contributed by atoms with Gasteiger partial charge in [0.1, 0.15) is 17.0 Å². The van der Waals surface area contributed by atoms with E-state index in [2.05, 4.69) is 15.3 Å². The number of carbonyl (C=O) groups excluding carboxylic acids is 2. The topological polar surface area (TPSA) is 122 Å². The molecule has 1 N–H and O–H groups in total. The highest BCUT2D eigenvalue weighted by Gasteiger charge is 2.51. The molecule has 3 heterocycles. The van der Waals surface area contributed by atoms with Gasteiger partial charge in [0.2, 0.25) is 5.95 Å². The van der Waals surface area contributed by atoms with Crippen molar-refractivity contribution in [2.45, 2.75) is 88.6 Å². The Labute approximate surface area is 261 Å². The van der Waals surface area contributed by atoms with Crippen LogP contribution in [0.4, 0.5) is 35.4 Å². The van der Waals surface area contributed by atoms with Crippen molar-refractivity contribution in [1.29, 1.82) is 0 Å². The molecule has 1 atom stereocenters. The third kappa shape index (κ3) is 7.20. The molecule has 3 aliphatic rings. The van der Waals surface area contributed by atoms with Gasteiger partial charge in [-0.25, -0.2) is 18.2 Å². The Kier molecular flexibility index (Phi) is 8.60. The Morgan fingerprint density at radius 1 is 1.13 bits per heavy atom. The Morgan fingerprint density at radius 2 is 1.80 bits per heavy atom. The van der Waals surface area contributed by atoms with Crippen LogP contribution in [0.5, 0.6) is 0 Å². The van der Waals surface area contributed by atoms with Crippen molar-refractivity contribution < 1.29 is 35.9 Å². The van der Waals surface area contributed by atoms with Crippen molar-refractivity contribution in [3.8, 4) is 0 Å². The SMILES string of the molecule is Cc1cc(S(=O)(=O)C2CC3(CCN(C(=O)OC(C)(C)C)CC3)C2)ccc1Nc1ncc(C(F)(F)F)c(N2CC(=O)CC(C)C2)n1. The van der Waals surface area contributed by atoms with Gasteiger partial charge in [0.25, 0.3) is 0 Å². The maximum absolute atomic E-state index is 13.8. The van der Waals surface area contributed by atoms with E-state index < -0.39 is 32.4 Å². The molecule has 14 heteroatoms. The second-order valence-corrected chi connectivity index (χ2v) is 16.0. The highest BCUT2D eigenvalue weighted by atomic mass is 32.2. The number of ether oxygens (including phenoxy) is 1. The number of carbonyl (C=O) groups is 2. The van der Waals surface area contributed by atoms with E-state index in [-0.39, 0.29) is 53.0 Å². The number of piperidine rings is 2. The molecule has 2 aliphatic heterocycles. The van der Waals surface area contributed by atoms with E-state index in [0.29, 0.717) is 49.8 Å². The molecule has 1 spiro atoms. The van der Waals surface area contributed by atoms with E-state index in [1.165, 1.54) is 11.0 Å². The summed E-state index contributed by atoms with van der Waals surface area (Å²) in [7, 11) is -3.63. The minimum atomic E-state index is -4.71. The number of aryl methyl sites for hydroxylation is 1. The molecule has 45 heavy (non-hydrogen) atoms. The molecule has 1 saturated carbocycles. The first-order chi connectivity index (χ1) is 20.8. The third-order valence-corrected chi connectivity index (χ3v) is 11.0. The molecule has 2 saturated heterocycles. The van der Waals surface area contributed by atoms with Gasteiger partial charge in [-0.2, -0.15) is 18.2 Å². The molecule has 2 aromatic rings. The zero-order valence-electron chi connectivity index (χ0n) is 26.2. The lowest BCUT2D eigenvalue weighted by atomic mass is 9.63. The molecular weight excluding hydrogens is 611 g/mol. The first-order valence-electron chi connectivity index (χ1n) is 15.2. The summed E-state index contributed by atoms with van der Waals surface area (Å²) in [5, 5.41) is 2.40. The van der Waals surface area contributed by atoms with E-state index in [9.17, 15) is 31.2 Å². The quantitative estimate of drug-likeness (QED) is 0.420. The van der Waals surface area contributed by atoms with Gasteiger partial charge in [-0.1, -0.05) is 6.92 Å². The molecular formula is C31H40F3N5O5S. The van der Waals surface area contributed by atoms with E-state index in [1.54, 1.807) is 30.9 Å². The largest absolute Gasteiger partial charge is 0.444 e. The van der Waals surface area contributed by atoms with E-state index in [0.717, 1.165) is 12.8 Å². The number of hydrogen-bond acceptors (Lipinski definition) is 9. The van der Waals surface area contributed by atoms with Crippen LogP contribution in [0.25, 0.3) is 0 Å². The summed E-state index contributed by atoms with van der Waals surface area (Å²) in [6.07, 6.45) is -1.56. The van der Waals surface area contributed by atoms with Crippen LogP contribution < -0.4 is 10.2 Å². The number of hydrogen-bond donors (Lipinski definition) is 1. The summed E-state index contributed by atoms with van der Waals surface area (Å²) in [6.45, 7) is 10.1. The minimum Gasteiger partial charge on any atom is -0.444 e. The van der Waals surface area contributed by atoms with Crippen LogP contribution in [0.15, 0.2) is 29.3 Å². The highest BCUT2D eigenvalue weighted by Crippen LogP contribution is 2.53. The number of ketones is 1. The first kappa shape index (κ1) is 33.0. The minimum absolute atomic E-state index is 0.0963. The van der Waals surface area contributed by atoms with Crippen LogP contribution in [0, 0.1) is 18.3 Å². The summed E-state index contributed by atoms with van der Waals surface area (Å²) < 4.78 is 73.9. The number of sulfone groups is 1. The second-order valence-electron chi connectivity index (χ2n) is 13.8. The van der Waals surface area contributed by atoms with Gasteiger partial charge >= 0.3 is 12.3 Å². The van der Waals surface area contributed by atoms with Crippen molar-refractivity contribution >= 4 is 39.2 Å². The Bertz CT molecular complexity index is 1570. The van der Waals surface area contributed by atoms with Crippen LogP contribution in [0.2, 0.25) is 0 Å². The predicted octanol–water partition coefficient (Wildman–Crippen LogP) is 5.92. The number of alkyl halides is 3. The highest BCUT2D eigenvalue weighted by molar-refractivity contribution is 7.92. The molecule has 1 aromatic heterocycles. The number of benzene rings is 1. The summed E-state index contributed by atoms with van der Waals surface area (Å²) in [4.78, 5) is 35.8. The molecule has 1 unspecified atom stereocenters. The van der Waals surface area contributed by atoms with Crippen molar-refractivity contribution in [2.24, 2.45) is 11.3 Å². The monoisotopic (exact) mass is 651 g/mol. The van der Waals surface area contributed by atoms with Crippen LogP contribution in [0.1, 0.15) is 70.9 Å². The number of rotatable bonds is 5. The number of nitrogens with zero attached hydrogens (tertiary/aromatic N) is 4. The van der Waals surface area contributed by atoms with Crippen molar-refractivity contribution in [3.63, 3.8) is 0 Å². The zero-order chi connectivity index (χ0) is 32.9. The summed E-state index contributed by atoms with van der Waals surface area (Å²) in [5.41, 5.74) is -0.708. The number of likely N-dealkylation sites (tertiary alicyclic amines) is 1. The lowest BCUT2D eigenvalue weighted by molar-refractivity contribution is -0.137. The molecule has 1 amide bonds. The van der Waals surface area contributed by atoms with Gasteiger partial charge in [0.05, 0.1) is 16.7 Å². The van der Waals surface area contributed by atoms with Crippen LogP contribution in [-0.2, 0) is 25.5 Å². The molecule has 10 nitrogen and oxygen atoms in total. The van der Waals surface area contributed by atoms with Gasteiger partial charge in [0.15, 0.2) is 15.6 Å². The van der Waals surface area contributed by atoms with E-state index >= 15 is 0 Å². The van der Waals surface area contributed by atoms with Crippen molar-refractivity contribution in [2.75, 3.05) is 36.4 Å². The summed E-state index contributed by atoms with van der Waals surface area (Å²) in [6, 6.07) is 4.59. The van der Waals surface area contributed by atoms with Crippen molar-refractivity contribution in [1.82, 2.24) is 14.9 Å². The normalized spacial score (nSPS) is 21.1. The fourth-order valence-electron chi connectivity index (χ4n) is 6.50. The molecule has 0 radical (unpaired) electrons. The average molecular weight is 652 g/mol. The predicted molar refractivity (Wildman–Crippen MR) is 162 cm³/mol. The van der Waals surface area contributed by atoms with Gasteiger partial charge in [-0.3, -0.25) is 4.79 Å². The fraction of sp³-hybridized carbons (Fsp3) is 0.613. The van der Waals surface area contributed by atoms with Crippen molar-refractivity contribution in [3.05, 3.63) is 35.5 Å².